The van der Waals surface area contributed by atoms with Crippen molar-refractivity contribution in [3.05, 3.63) is 34.0 Å². The highest BCUT2D eigenvalue weighted by Crippen LogP contribution is 2.34. The minimum atomic E-state index is 0.0956. The molecule has 4 rings (SSSR count). The van der Waals surface area contributed by atoms with Crippen LogP contribution in [0.5, 0.6) is 0 Å². The summed E-state index contributed by atoms with van der Waals surface area (Å²) >= 11 is 3.38. The van der Waals surface area contributed by atoms with E-state index in [1.807, 2.05) is 6.07 Å². The van der Waals surface area contributed by atoms with Crippen LogP contribution in [0.1, 0.15) is 21.0 Å². The quantitative estimate of drug-likeness (QED) is 0.942. The van der Waals surface area contributed by atoms with Crippen molar-refractivity contribution in [1.29, 1.82) is 0 Å². The average Bonchev–Trinajstić information content (AvgIpc) is 3.22. The van der Waals surface area contributed by atoms with Gasteiger partial charge in [-0.2, -0.15) is 0 Å². The van der Waals surface area contributed by atoms with E-state index in [4.69, 9.17) is 0 Å². The number of amides is 1. The Balaban J connectivity index is 1.46. The van der Waals surface area contributed by atoms with E-state index in [9.17, 15) is 4.79 Å². The topological polar surface area (TPSA) is 32.3 Å². The molecule has 2 aliphatic rings. The number of hydrogen-bond donors (Lipinski definition) is 1. The van der Waals surface area contributed by atoms with Gasteiger partial charge in [0.1, 0.15) is 0 Å². The zero-order chi connectivity index (χ0) is 14.4. The van der Waals surface area contributed by atoms with Crippen LogP contribution < -0.4 is 5.32 Å². The molecule has 3 nitrogen and oxygen atoms in total. The zero-order valence-electron chi connectivity index (χ0n) is 12.0. The molecule has 5 heteroatoms. The minimum Gasteiger partial charge on any atom is -0.347 e. The van der Waals surface area contributed by atoms with Gasteiger partial charge in [-0.3, -0.25) is 4.79 Å². The molecule has 0 aromatic carbocycles. The van der Waals surface area contributed by atoms with E-state index in [-0.39, 0.29) is 5.91 Å². The van der Waals surface area contributed by atoms with Gasteiger partial charge in [0.05, 0.1) is 4.88 Å². The first-order valence-electron chi connectivity index (χ1n) is 7.39. The van der Waals surface area contributed by atoms with Gasteiger partial charge in [-0.15, -0.1) is 22.7 Å². The molecule has 2 aromatic heterocycles. The van der Waals surface area contributed by atoms with Crippen LogP contribution in [0.3, 0.4) is 0 Å². The Kier molecular flexibility index (Phi) is 3.36. The largest absolute Gasteiger partial charge is 0.347 e. The third-order valence-electron chi connectivity index (χ3n) is 4.46. The first-order chi connectivity index (χ1) is 10.2. The van der Waals surface area contributed by atoms with Gasteiger partial charge in [0.25, 0.3) is 5.91 Å². The normalized spacial score (nSPS) is 27.2. The monoisotopic (exact) mass is 318 g/mol. The van der Waals surface area contributed by atoms with E-state index in [1.165, 1.54) is 27.6 Å². The number of aryl methyl sites for hydroxylation is 1. The Hall–Kier alpha value is -1.17. The smallest absolute Gasteiger partial charge is 0.261 e. The fourth-order valence-corrected chi connectivity index (χ4v) is 5.21. The Bertz CT molecular complexity index is 675. The van der Waals surface area contributed by atoms with Crippen molar-refractivity contribution < 1.29 is 4.79 Å². The number of fused-ring (bicyclic) bond motifs is 2. The molecule has 0 saturated carbocycles. The third-order valence-corrected chi connectivity index (χ3v) is 6.74. The van der Waals surface area contributed by atoms with Crippen molar-refractivity contribution in [3.63, 3.8) is 0 Å². The summed E-state index contributed by atoms with van der Waals surface area (Å²) in [6, 6.07) is 8.63. The zero-order valence-corrected chi connectivity index (χ0v) is 13.6. The molecule has 1 N–H and O–H groups in total. The minimum absolute atomic E-state index is 0.0956. The van der Waals surface area contributed by atoms with E-state index < -0.39 is 0 Å². The van der Waals surface area contributed by atoms with Crippen molar-refractivity contribution >= 4 is 28.6 Å². The lowest BCUT2D eigenvalue weighted by molar-refractivity contribution is 0.0928. The van der Waals surface area contributed by atoms with Crippen LogP contribution in [0, 0.1) is 12.8 Å². The van der Waals surface area contributed by atoms with E-state index in [2.05, 4.69) is 35.3 Å². The summed E-state index contributed by atoms with van der Waals surface area (Å²) in [5, 5.41) is 3.23. The Morgan fingerprint density at radius 3 is 2.67 bits per heavy atom. The Morgan fingerprint density at radius 2 is 2.00 bits per heavy atom. The van der Waals surface area contributed by atoms with Gasteiger partial charge >= 0.3 is 0 Å². The lowest BCUT2D eigenvalue weighted by atomic mass is 10.00. The lowest BCUT2D eigenvalue weighted by Crippen LogP contribution is -2.42. The van der Waals surface area contributed by atoms with Crippen LogP contribution in [0.25, 0.3) is 9.75 Å². The van der Waals surface area contributed by atoms with E-state index in [0.717, 1.165) is 18.0 Å². The standard InChI is InChI=1S/C16H18N2OS2/c1-10-2-3-13(20-10)14-4-5-15(21-14)16(19)17-12-9-18-7-6-11(12)8-18/h2-5,11-12H,6-9H2,1H3,(H,17,19)/t11-,12?/m0/s1. The number of carbonyl (C=O) groups is 1. The fraction of sp³-hybridized carbons (Fsp3) is 0.438. The molecule has 0 aliphatic carbocycles. The predicted molar refractivity (Wildman–Crippen MR) is 88.2 cm³/mol. The number of rotatable bonds is 3. The predicted octanol–water partition coefficient (Wildman–Crippen LogP) is 3.22. The highest BCUT2D eigenvalue weighted by atomic mass is 32.1. The molecule has 4 heterocycles. The summed E-state index contributed by atoms with van der Waals surface area (Å²) in [6.07, 6.45) is 1.23. The first kappa shape index (κ1) is 13.5. The van der Waals surface area contributed by atoms with Gasteiger partial charge < -0.3 is 10.2 Å². The molecule has 0 spiro atoms. The molecule has 2 aromatic rings. The molecule has 2 aliphatic heterocycles. The van der Waals surface area contributed by atoms with Crippen LogP contribution in [0.4, 0.5) is 0 Å². The molecule has 2 fully saturated rings. The number of carbonyl (C=O) groups excluding carboxylic acids is 1. The number of piperidine rings is 1. The second-order valence-electron chi connectivity index (χ2n) is 5.96. The molecule has 1 amide bonds. The lowest BCUT2D eigenvalue weighted by Gasteiger charge is -2.22. The van der Waals surface area contributed by atoms with Crippen LogP contribution in [0.15, 0.2) is 24.3 Å². The maximum atomic E-state index is 12.4. The van der Waals surface area contributed by atoms with Gasteiger partial charge in [-0.25, -0.2) is 0 Å². The maximum Gasteiger partial charge on any atom is 0.261 e. The Labute approximate surface area is 132 Å². The highest BCUT2D eigenvalue weighted by molar-refractivity contribution is 7.23. The van der Waals surface area contributed by atoms with E-state index in [0.29, 0.717) is 12.0 Å². The number of nitrogens with zero attached hydrogens (tertiary/aromatic N) is 1. The Morgan fingerprint density at radius 1 is 1.19 bits per heavy atom. The van der Waals surface area contributed by atoms with Gasteiger partial charge in [-0.05, 0) is 50.1 Å². The van der Waals surface area contributed by atoms with E-state index >= 15 is 0 Å². The molecular formula is C16H18N2OS2. The first-order valence-corrected chi connectivity index (χ1v) is 9.02. The molecule has 2 unspecified atom stereocenters. The summed E-state index contributed by atoms with van der Waals surface area (Å²) in [6.45, 7) is 5.51. The van der Waals surface area contributed by atoms with Gasteiger partial charge in [0, 0.05) is 33.8 Å². The number of hydrogen-bond acceptors (Lipinski definition) is 4. The molecule has 110 valence electrons. The summed E-state index contributed by atoms with van der Waals surface area (Å²) in [5.41, 5.74) is 0. The summed E-state index contributed by atoms with van der Waals surface area (Å²) < 4.78 is 0. The fourth-order valence-electron chi connectivity index (χ4n) is 3.35. The van der Waals surface area contributed by atoms with Gasteiger partial charge in [-0.1, -0.05) is 0 Å². The van der Waals surface area contributed by atoms with Crippen molar-refractivity contribution in [2.24, 2.45) is 5.92 Å². The molecule has 0 radical (unpaired) electrons. The average molecular weight is 318 g/mol. The molecule has 21 heavy (non-hydrogen) atoms. The van der Waals surface area contributed by atoms with Crippen LogP contribution in [-0.4, -0.2) is 36.5 Å². The van der Waals surface area contributed by atoms with Crippen molar-refractivity contribution in [2.45, 2.75) is 19.4 Å². The molecule has 3 atom stereocenters. The second kappa shape index (κ2) is 5.23. The molecular weight excluding hydrogens is 300 g/mol. The van der Waals surface area contributed by atoms with Crippen LogP contribution in [-0.2, 0) is 0 Å². The maximum absolute atomic E-state index is 12.4. The van der Waals surface area contributed by atoms with Gasteiger partial charge in [0.2, 0.25) is 0 Å². The van der Waals surface area contributed by atoms with E-state index in [1.54, 1.807) is 22.7 Å². The second-order valence-corrected chi connectivity index (χ2v) is 8.33. The molecule has 2 bridgehead atoms. The molecule has 2 saturated heterocycles. The van der Waals surface area contributed by atoms with Crippen LogP contribution >= 0.6 is 22.7 Å². The summed E-state index contributed by atoms with van der Waals surface area (Å²) in [4.78, 5) is 19.4. The SMILES string of the molecule is Cc1ccc(-c2ccc(C(=O)NC3CN4CC[C@H]3C4)s2)s1. The van der Waals surface area contributed by atoms with Crippen LogP contribution in [0.2, 0.25) is 0 Å². The highest BCUT2D eigenvalue weighted by Gasteiger charge is 2.38. The number of nitrogens with one attached hydrogen (secondary N) is 1. The number of thiophene rings is 2. The van der Waals surface area contributed by atoms with Crippen molar-refractivity contribution in [2.75, 3.05) is 19.6 Å². The third kappa shape index (κ3) is 2.54. The van der Waals surface area contributed by atoms with Crippen molar-refractivity contribution in [3.8, 4) is 9.75 Å². The van der Waals surface area contributed by atoms with Crippen molar-refractivity contribution in [1.82, 2.24) is 10.2 Å². The summed E-state index contributed by atoms with van der Waals surface area (Å²) in [5.74, 6) is 0.756. The summed E-state index contributed by atoms with van der Waals surface area (Å²) in [7, 11) is 0. The van der Waals surface area contributed by atoms with Gasteiger partial charge in [0.15, 0.2) is 0 Å².